The fourth-order valence-electron chi connectivity index (χ4n) is 2.54. The lowest BCUT2D eigenvalue weighted by atomic mass is 10.1. The number of rotatable bonds is 5. The van der Waals surface area contributed by atoms with E-state index in [2.05, 4.69) is 0 Å². The van der Waals surface area contributed by atoms with E-state index in [1.54, 1.807) is 14.1 Å². The Morgan fingerprint density at radius 2 is 1.59 bits per heavy atom. The first-order chi connectivity index (χ1) is 14.5. The number of hydrogen-bond donors (Lipinski definition) is 2. The molecule has 174 valence electrons. The maximum absolute atomic E-state index is 13.0. The van der Waals surface area contributed by atoms with Gasteiger partial charge in [-0.15, -0.1) is 0 Å². The molecule has 0 heterocycles. The van der Waals surface area contributed by atoms with E-state index in [1.165, 1.54) is 36.1 Å². The number of sulfone groups is 1. The lowest BCUT2D eigenvalue weighted by Crippen LogP contribution is -2.52. The molecule has 2 aromatic carbocycles. The van der Waals surface area contributed by atoms with Crippen molar-refractivity contribution in [1.82, 2.24) is 4.90 Å². The SMILES string of the molecule is Cc1c(NC(=O)[C@@](C)(O)C(F)(F)F)ccc(S(=O)(=O)c2ccc(C(=O)N(C)C)cc2)c1Cl. The van der Waals surface area contributed by atoms with Crippen LogP contribution in [0.4, 0.5) is 18.9 Å². The van der Waals surface area contributed by atoms with Crippen LogP contribution < -0.4 is 5.32 Å². The maximum Gasteiger partial charge on any atom is 0.426 e. The van der Waals surface area contributed by atoms with Gasteiger partial charge >= 0.3 is 6.18 Å². The van der Waals surface area contributed by atoms with Gasteiger partial charge in [-0.3, -0.25) is 9.59 Å². The van der Waals surface area contributed by atoms with Crippen LogP contribution in [0.1, 0.15) is 22.8 Å². The molecule has 0 aliphatic rings. The fourth-order valence-corrected chi connectivity index (χ4v) is 4.39. The molecule has 2 rings (SSSR count). The summed E-state index contributed by atoms with van der Waals surface area (Å²) < 4.78 is 64.6. The molecule has 0 fully saturated rings. The monoisotopic (exact) mass is 492 g/mol. The van der Waals surface area contributed by atoms with E-state index >= 15 is 0 Å². The number of halogens is 4. The molecule has 1 atom stereocenters. The quantitative estimate of drug-likeness (QED) is 0.665. The van der Waals surface area contributed by atoms with E-state index in [4.69, 9.17) is 11.6 Å². The zero-order chi connectivity index (χ0) is 24.6. The van der Waals surface area contributed by atoms with Gasteiger partial charge in [-0.05, 0) is 55.8 Å². The van der Waals surface area contributed by atoms with Gasteiger partial charge in [0.2, 0.25) is 15.4 Å². The van der Waals surface area contributed by atoms with E-state index < -0.39 is 27.5 Å². The number of nitrogens with zero attached hydrogens (tertiary/aromatic N) is 1. The van der Waals surface area contributed by atoms with Gasteiger partial charge in [0.15, 0.2) is 0 Å². The summed E-state index contributed by atoms with van der Waals surface area (Å²) in [7, 11) is -1.06. The predicted molar refractivity (Wildman–Crippen MR) is 111 cm³/mol. The van der Waals surface area contributed by atoms with Gasteiger partial charge in [0.1, 0.15) is 0 Å². The summed E-state index contributed by atoms with van der Waals surface area (Å²) in [6.45, 7) is 1.60. The average molecular weight is 493 g/mol. The third kappa shape index (κ3) is 4.74. The molecule has 0 unspecified atom stereocenters. The highest BCUT2D eigenvalue weighted by Gasteiger charge is 2.55. The van der Waals surface area contributed by atoms with Crippen molar-refractivity contribution in [3.05, 3.63) is 52.5 Å². The molecule has 0 spiro atoms. The second-order valence-corrected chi connectivity index (χ2v) is 9.60. The number of anilines is 1. The smallest absolute Gasteiger partial charge is 0.373 e. The number of carbonyl (C=O) groups excluding carboxylic acids is 2. The molecular formula is C20H20ClF3N2O5S. The van der Waals surface area contributed by atoms with Crippen LogP contribution in [0.25, 0.3) is 0 Å². The van der Waals surface area contributed by atoms with Gasteiger partial charge in [-0.2, -0.15) is 13.2 Å². The van der Waals surface area contributed by atoms with E-state index in [-0.39, 0.29) is 37.5 Å². The van der Waals surface area contributed by atoms with Crippen LogP contribution in [0.3, 0.4) is 0 Å². The molecule has 0 aromatic heterocycles. The van der Waals surface area contributed by atoms with Crippen molar-refractivity contribution in [2.45, 2.75) is 35.4 Å². The highest BCUT2D eigenvalue weighted by Crippen LogP contribution is 2.36. The van der Waals surface area contributed by atoms with Crippen molar-refractivity contribution in [3.8, 4) is 0 Å². The summed E-state index contributed by atoms with van der Waals surface area (Å²) in [5.41, 5.74) is -3.61. The highest BCUT2D eigenvalue weighted by molar-refractivity contribution is 7.91. The second-order valence-electron chi connectivity index (χ2n) is 7.30. The minimum atomic E-state index is -5.22. The van der Waals surface area contributed by atoms with Crippen LogP contribution in [-0.2, 0) is 14.6 Å². The molecule has 7 nitrogen and oxygen atoms in total. The summed E-state index contributed by atoms with van der Waals surface area (Å²) in [5.74, 6) is -2.07. The Morgan fingerprint density at radius 3 is 2.06 bits per heavy atom. The molecule has 0 saturated carbocycles. The Hall–Kier alpha value is -2.63. The molecule has 0 bridgehead atoms. The molecule has 0 radical (unpaired) electrons. The van der Waals surface area contributed by atoms with Crippen LogP contribution in [0.5, 0.6) is 0 Å². The summed E-state index contributed by atoms with van der Waals surface area (Å²) in [4.78, 5) is 24.7. The van der Waals surface area contributed by atoms with Crippen molar-refractivity contribution in [2.24, 2.45) is 0 Å². The van der Waals surface area contributed by atoms with Gasteiger partial charge in [0.25, 0.3) is 11.8 Å². The van der Waals surface area contributed by atoms with E-state index in [0.29, 0.717) is 6.92 Å². The van der Waals surface area contributed by atoms with Crippen molar-refractivity contribution in [2.75, 3.05) is 19.4 Å². The molecule has 0 aliphatic carbocycles. The summed E-state index contributed by atoms with van der Waals surface area (Å²) in [5, 5.41) is 11.1. The third-order valence-electron chi connectivity index (χ3n) is 4.70. The van der Waals surface area contributed by atoms with Crippen molar-refractivity contribution >= 4 is 38.9 Å². The Morgan fingerprint density at radius 1 is 1.06 bits per heavy atom. The number of hydrogen-bond acceptors (Lipinski definition) is 5. The zero-order valence-corrected chi connectivity index (χ0v) is 19.0. The summed E-state index contributed by atoms with van der Waals surface area (Å²) >= 11 is 6.17. The number of alkyl halides is 3. The van der Waals surface area contributed by atoms with Crippen LogP contribution in [0, 0.1) is 6.92 Å². The minimum Gasteiger partial charge on any atom is -0.373 e. The molecule has 2 amide bonds. The number of nitrogens with one attached hydrogen (secondary N) is 1. The highest BCUT2D eigenvalue weighted by atomic mass is 35.5. The number of carbonyl (C=O) groups is 2. The van der Waals surface area contributed by atoms with Gasteiger partial charge < -0.3 is 15.3 Å². The lowest BCUT2D eigenvalue weighted by Gasteiger charge is -2.25. The summed E-state index contributed by atoms with van der Waals surface area (Å²) in [6, 6.07) is 7.24. The molecule has 2 aromatic rings. The normalized spacial score (nSPS) is 13.9. The molecule has 32 heavy (non-hydrogen) atoms. The molecular weight excluding hydrogens is 473 g/mol. The van der Waals surface area contributed by atoms with Crippen LogP contribution >= 0.6 is 11.6 Å². The number of amides is 2. The Labute approximate surface area is 187 Å². The van der Waals surface area contributed by atoms with E-state index in [0.717, 1.165) is 12.1 Å². The summed E-state index contributed by atoms with van der Waals surface area (Å²) in [6.07, 6.45) is -5.22. The largest absolute Gasteiger partial charge is 0.426 e. The Kier molecular flexibility index (Phi) is 6.98. The number of aliphatic hydroxyl groups is 1. The van der Waals surface area contributed by atoms with Crippen LogP contribution in [-0.4, -0.2) is 56.1 Å². The average Bonchev–Trinajstić information content (AvgIpc) is 2.69. The molecule has 0 aliphatic heterocycles. The van der Waals surface area contributed by atoms with Gasteiger partial charge in [0.05, 0.1) is 14.8 Å². The molecule has 0 saturated heterocycles. The Bertz CT molecular complexity index is 1160. The van der Waals surface area contributed by atoms with Crippen molar-refractivity contribution < 1.29 is 36.3 Å². The Balaban J connectivity index is 2.41. The molecule has 2 N–H and O–H groups in total. The topological polar surface area (TPSA) is 104 Å². The second kappa shape index (κ2) is 8.72. The van der Waals surface area contributed by atoms with Gasteiger partial charge in [0, 0.05) is 25.3 Å². The lowest BCUT2D eigenvalue weighted by molar-refractivity contribution is -0.242. The zero-order valence-electron chi connectivity index (χ0n) is 17.4. The van der Waals surface area contributed by atoms with Crippen molar-refractivity contribution in [3.63, 3.8) is 0 Å². The van der Waals surface area contributed by atoms with Crippen LogP contribution in [0.15, 0.2) is 46.2 Å². The van der Waals surface area contributed by atoms with Gasteiger partial charge in [-0.1, -0.05) is 11.6 Å². The number of benzene rings is 2. The first kappa shape index (κ1) is 25.6. The predicted octanol–water partition coefficient (Wildman–Crippen LogP) is 3.43. The maximum atomic E-state index is 13.0. The molecule has 12 heteroatoms. The fraction of sp³-hybridized carbons (Fsp3) is 0.300. The van der Waals surface area contributed by atoms with E-state index in [9.17, 15) is 36.3 Å². The minimum absolute atomic E-state index is 0.0153. The van der Waals surface area contributed by atoms with E-state index in [1.807, 2.05) is 5.32 Å². The first-order valence-corrected chi connectivity index (χ1v) is 10.8. The first-order valence-electron chi connectivity index (χ1n) is 8.98. The standard InChI is InChI=1S/C20H20ClF3N2O5S/c1-11-14(25-18(28)19(2,29)20(22,23)24)9-10-15(16(11)21)32(30,31)13-7-5-12(6-8-13)17(27)26(3)4/h5-10,29H,1-4H3,(H,25,28)/t19-/m1/s1. The van der Waals surface area contributed by atoms with Gasteiger partial charge in [-0.25, -0.2) is 8.42 Å². The van der Waals surface area contributed by atoms with Crippen molar-refractivity contribution in [1.29, 1.82) is 0 Å². The third-order valence-corrected chi connectivity index (χ3v) is 7.11. The van der Waals surface area contributed by atoms with Crippen LogP contribution in [0.2, 0.25) is 5.02 Å².